The van der Waals surface area contributed by atoms with Gasteiger partial charge in [0.15, 0.2) is 0 Å². The Balaban J connectivity index is 2.49. The number of benzene rings is 1. The SMILES string of the molecule is N#CCCC(=O)Nc1ccc(Br)cc1. The molecule has 14 heavy (non-hydrogen) atoms. The molecule has 0 aliphatic heterocycles. The van der Waals surface area contributed by atoms with Gasteiger partial charge in [0, 0.05) is 23.0 Å². The van der Waals surface area contributed by atoms with Crippen LogP contribution in [0.25, 0.3) is 0 Å². The number of nitrogens with one attached hydrogen (secondary N) is 1. The number of amides is 1. The third-order valence-electron chi connectivity index (χ3n) is 1.59. The van der Waals surface area contributed by atoms with Gasteiger partial charge in [-0.25, -0.2) is 0 Å². The number of nitriles is 1. The Hall–Kier alpha value is -1.34. The van der Waals surface area contributed by atoms with Crippen LogP contribution < -0.4 is 5.32 Å². The molecule has 0 aliphatic rings. The molecule has 1 aromatic carbocycles. The summed E-state index contributed by atoms with van der Waals surface area (Å²) in [6.07, 6.45) is 0.495. The molecular formula is C10H9BrN2O. The number of hydrogen-bond donors (Lipinski definition) is 1. The van der Waals surface area contributed by atoms with Crippen LogP contribution in [-0.2, 0) is 4.79 Å². The predicted molar refractivity (Wildman–Crippen MR) is 57.6 cm³/mol. The van der Waals surface area contributed by atoms with E-state index in [4.69, 9.17) is 5.26 Å². The molecule has 4 heteroatoms. The van der Waals surface area contributed by atoms with E-state index < -0.39 is 0 Å². The van der Waals surface area contributed by atoms with Crippen molar-refractivity contribution < 1.29 is 4.79 Å². The van der Waals surface area contributed by atoms with Crippen LogP contribution in [0.15, 0.2) is 28.7 Å². The summed E-state index contributed by atoms with van der Waals surface area (Å²) in [5, 5.41) is 11.0. The minimum Gasteiger partial charge on any atom is -0.326 e. The van der Waals surface area contributed by atoms with Crippen LogP contribution in [0.5, 0.6) is 0 Å². The zero-order valence-corrected chi connectivity index (χ0v) is 9.04. The van der Waals surface area contributed by atoms with Crippen LogP contribution in [0, 0.1) is 11.3 Å². The Bertz CT molecular complexity index is 353. The third kappa shape index (κ3) is 3.58. The van der Waals surface area contributed by atoms with Crippen molar-refractivity contribution in [1.29, 1.82) is 5.26 Å². The normalized spacial score (nSPS) is 9.14. The predicted octanol–water partition coefficient (Wildman–Crippen LogP) is 2.69. The van der Waals surface area contributed by atoms with Crippen LogP contribution in [0.4, 0.5) is 5.69 Å². The lowest BCUT2D eigenvalue weighted by atomic mass is 10.3. The molecule has 0 aliphatic carbocycles. The molecule has 0 aromatic heterocycles. The maximum Gasteiger partial charge on any atom is 0.225 e. The van der Waals surface area contributed by atoms with Crippen LogP contribution in [-0.4, -0.2) is 5.91 Å². The van der Waals surface area contributed by atoms with Gasteiger partial charge in [-0.2, -0.15) is 5.26 Å². The van der Waals surface area contributed by atoms with Crippen molar-refractivity contribution in [1.82, 2.24) is 0 Å². The van der Waals surface area contributed by atoms with E-state index in [2.05, 4.69) is 21.2 Å². The van der Waals surface area contributed by atoms with Gasteiger partial charge < -0.3 is 5.32 Å². The molecule has 1 rings (SSSR count). The Kier molecular flexibility index (Phi) is 4.14. The van der Waals surface area contributed by atoms with Gasteiger partial charge in [0.25, 0.3) is 0 Å². The number of anilines is 1. The summed E-state index contributed by atoms with van der Waals surface area (Å²) >= 11 is 3.30. The van der Waals surface area contributed by atoms with Crippen molar-refractivity contribution in [3.63, 3.8) is 0 Å². The molecule has 1 amide bonds. The van der Waals surface area contributed by atoms with Crippen molar-refractivity contribution in [2.24, 2.45) is 0 Å². The molecule has 1 N–H and O–H groups in total. The van der Waals surface area contributed by atoms with E-state index in [1.165, 1.54) is 0 Å². The number of rotatable bonds is 3. The first-order valence-corrected chi connectivity index (χ1v) is 4.94. The summed E-state index contributed by atoms with van der Waals surface area (Å²) in [5.74, 6) is -0.131. The first-order chi connectivity index (χ1) is 6.72. The molecule has 0 saturated heterocycles. The number of nitrogens with zero attached hydrogens (tertiary/aromatic N) is 1. The fourth-order valence-electron chi connectivity index (χ4n) is 0.926. The van der Waals surface area contributed by atoms with Gasteiger partial charge in [-0.15, -0.1) is 0 Å². The molecule has 0 fully saturated rings. The van der Waals surface area contributed by atoms with E-state index in [0.29, 0.717) is 0 Å². The lowest BCUT2D eigenvalue weighted by Crippen LogP contribution is -2.10. The molecule has 3 nitrogen and oxygen atoms in total. The monoisotopic (exact) mass is 252 g/mol. The standard InChI is InChI=1S/C10H9BrN2O/c11-8-3-5-9(6-4-8)13-10(14)2-1-7-12/h3-6H,1-2H2,(H,13,14). The van der Waals surface area contributed by atoms with Crippen molar-refractivity contribution in [2.75, 3.05) is 5.32 Å². The number of carbonyl (C=O) groups is 1. The minimum atomic E-state index is -0.131. The van der Waals surface area contributed by atoms with Gasteiger partial charge in [0.05, 0.1) is 6.07 Å². The van der Waals surface area contributed by atoms with Gasteiger partial charge in [-0.05, 0) is 24.3 Å². The van der Waals surface area contributed by atoms with Crippen LogP contribution >= 0.6 is 15.9 Å². The molecule has 72 valence electrons. The second kappa shape index (κ2) is 5.40. The highest BCUT2D eigenvalue weighted by atomic mass is 79.9. The van der Waals surface area contributed by atoms with Gasteiger partial charge in [0.1, 0.15) is 0 Å². The van der Waals surface area contributed by atoms with Crippen LogP contribution in [0.3, 0.4) is 0 Å². The van der Waals surface area contributed by atoms with Crippen LogP contribution in [0.2, 0.25) is 0 Å². The summed E-state index contributed by atoms with van der Waals surface area (Å²) in [6, 6.07) is 9.22. The minimum absolute atomic E-state index is 0.131. The summed E-state index contributed by atoms with van der Waals surface area (Å²) < 4.78 is 0.965. The largest absolute Gasteiger partial charge is 0.326 e. The first kappa shape index (κ1) is 10.7. The first-order valence-electron chi connectivity index (χ1n) is 4.15. The molecule has 0 atom stereocenters. The second-order valence-electron chi connectivity index (χ2n) is 2.71. The molecule has 0 radical (unpaired) electrons. The van der Waals surface area contributed by atoms with Gasteiger partial charge in [0.2, 0.25) is 5.91 Å². The molecule has 0 heterocycles. The topological polar surface area (TPSA) is 52.9 Å². The Morgan fingerprint density at radius 1 is 1.43 bits per heavy atom. The summed E-state index contributed by atoms with van der Waals surface area (Å²) in [6.45, 7) is 0. The fraction of sp³-hybridized carbons (Fsp3) is 0.200. The number of hydrogen-bond acceptors (Lipinski definition) is 2. The van der Waals surface area contributed by atoms with Crippen molar-refractivity contribution in [2.45, 2.75) is 12.8 Å². The summed E-state index contributed by atoms with van der Waals surface area (Å²) in [7, 11) is 0. The van der Waals surface area contributed by atoms with Crippen molar-refractivity contribution in [3.05, 3.63) is 28.7 Å². The van der Waals surface area contributed by atoms with Gasteiger partial charge >= 0.3 is 0 Å². The maximum atomic E-state index is 11.2. The highest BCUT2D eigenvalue weighted by Crippen LogP contribution is 2.14. The average molecular weight is 253 g/mol. The third-order valence-corrected chi connectivity index (χ3v) is 2.12. The van der Waals surface area contributed by atoms with Crippen molar-refractivity contribution >= 4 is 27.5 Å². The Morgan fingerprint density at radius 2 is 2.07 bits per heavy atom. The highest BCUT2D eigenvalue weighted by Gasteiger charge is 2.00. The van der Waals surface area contributed by atoms with E-state index in [0.717, 1.165) is 10.2 Å². The maximum absolute atomic E-state index is 11.2. The average Bonchev–Trinajstić information content (AvgIpc) is 2.18. The smallest absolute Gasteiger partial charge is 0.225 e. The molecule has 0 unspecified atom stereocenters. The van der Waals surface area contributed by atoms with E-state index in [9.17, 15) is 4.79 Å². The lowest BCUT2D eigenvalue weighted by molar-refractivity contribution is -0.116. The molecule has 0 bridgehead atoms. The molecule has 1 aromatic rings. The summed E-state index contributed by atoms with van der Waals surface area (Å²) in [5.41, 5.74) is 0.746. The lowest BCUT2D eigenvalue weighted by Gasteiger charge is -2.02. The molecule has 0 saturated carbocycles. The zero-order valence-electron chi connectivity index (χ0n) is 7.46. The molecular weight excluding hydrogens is 244 g/mol. The van der Waals surface area contributed by atoms with Gasteiger partial charge in [-0.3, -0.25) is 4.79 Å². The van der Waals surface area contributed by atoms with Crippen LogP contribution in [0.1, 0.15) is 12.8 Å². The highest BCUT2D eigenvalue weighted by molar-refractivity contribution is 9.10. The fourth-order valence-corrected chi connectivity index (χ4v) is 1.19. The summed E-state index contributed by atoms with van der Waals surface area (Å²) in [4.78, 5) is 11.2. The van der Waals surface area contributed by atoms with Gasteiger partial charge in [-0.1, -0.05) is 15.9 Å². The Labute approximate surface area is 90.9 Å². The van der Waals surface area contributed by atoms with E-state index in [-0.39, 0.29) is 18.7 Å². The van der Waals surface area contributed by atoms with E-state index in [1.54, 1.807) is 12.1 Å². The second-order valence-corrected chi connectivity index (χ2v) is 3.63. The van der Waals surface area contributed by atoms with Crippen molar-refractivity contribution in [3.8, 4) is 6.07 Å². The number of halogens is 1. The quantitative estimate of drug-likeness (QED) is 0.900. The molecule has 0 spiro atoms. The van der Waals surface area contributed by atoms with E-state index >= 15 is 0 Å². The number of carbonyl (C=O) groups excluding carboxylic acids is 1. The zero-order chi connectivity index (χ0) is 10.4. The van der Waals surface area contributed by atoms with E-state index in [1.807, 2.05) is 18.2 Å². The Morgan fingerprint density at radius 3 is 2.64 bits per heavy atom.